The molecule has 0 aliphatic heterocycles. The minimum absolute atomic E-state index is 0.239. The van der Waals surface area contributed by atoms with Crippen LogP contribution in [0.5, 0.6) is 5.75 Å². The predicted molar refractivity (Wildman–Crippen MR) is 87.8 cm³/mol. The van der Waals surface area contributed by atoms with E-state index in [0.717, 1.165) is 0 Å². The number of nitrogens with one attached hydrogen (secondary N) is 1. The van der Waals surface area contributed by atoms with Gasteiger partial charge in [-0.05, 0) is 42.5 Å². The topological polar surface area (TPSA) is 90.6 Å². The molecule has 0 aliphatic rings. The third-order valence-electron chi connectivity index (χ3n) is 2.93. The monoisotopic (exact) mass is 334 g/mol. The van der Waals surface area contributed by atoms with Crippen LogP contribution in [0.4, 0.5) is 11.4 Å². The minimum atomic E-state index is -0.648. The van der Waals surface area contributed by atoms with Gasteiger partial charge in [-0.2, -0.15) is 0 Å². The molecule has 0 aliphatic carbocycles. The Bertz CT molecular complexity index is 717. The first-order valence-corrected chi connectivity index (χ1v) is 7.03. The summed E-state index contributed by atoms with van der Waals surface area (Å²) in [6.45, 7) is -0.409. The van der Waals surface area contributed by atoms with E-state index in [1.54, 1.807) is 30.3 Å². The quantitative estimate of drug-likeness (QED) is 0.648. The lowest BCUT2D eigenvalue weighted by molar-refractivity contribution is -0.119. The zero-order valence-corrected chi connectivity index (χ0v) is 13.1. The molecular formula is C16H15ClN2O4. The van der Waals surface area contributed by atoms with Gasteiger partial charge in [0.1, 0.15) is 5.75 Å². The molecule has 0 saturated heterocycles. The molecule has 23 heavy (non-hydrogen) atoms. The van der Waals surface area contributed by atoms with Gasteiger partial charge >= 0.3 is 5.97 Å². The Morgan fingerprint density at radius 2 is 1.87 bits per heavy atom. The van der Waals surface area contributed by atoms with E-state index < -0.39 is 18.5 Å². The fourth-order valence-corrected chi connectivity index (χ4v) is 1.93. The lowest BCUT2D eigenvalue weighted by Gasteiger charge is -2.08. The van der Waals surface area contributed by atoms with Gasteiger partial charge in [-0.1, -0.05) is 11.6 Å². The van der Waals surface area contributed by atoms with Crippen LogP contribution in [0.1, 0.15) is 10.4 Å². The van der Waals surface area contributed by atoms with Crippen LogP contribution >= 0.6 is 11.6 Å². The smallest absolute Gasteiger partial charge is 0.338 e. The van der Waals surface area contributed by atoms with Gasteiger partial charge in [0.25, 0.3) is 5.91 Å². The molecule has 0 aromatic heterocycles. The summed E-state index contributed by atoms with van der Waals surface area (Å²) >= 11 is 5.75. The lowest BCUT2D eigenvalue weighted by Crippen LogP contribution is -2.21. The molecule has 2 aromatic rings. The van der Waals surface area contributed by atoms with Crippen LogP contribution in [-0.4, -0.2) is 25.6 Å². The molecule has 0 bridgehead atoms. The number of anilines is 2. The lowest BCUT2D eigenvalue weighted by atomic mass is 10.2. The van der Waals surface area contributed by atoms with Gasteiger partial charge in [-0.25, -0.2) is 4.79 Å². The molecule has 0 radical (unpaired) electrons. The number of benzene rings is 2. The summed E-state index contributed by atoms with van der Waals surface area (Å²) in [4.78, 5) is 23.6. The number of carbonyl (C=O) groups is 2. The fourth-order valence-electron chi connectivity index (χ4n) is 1.81. The highest BCUT2D eigenvalue weighted by atomic mass is 35.5. The van der Waals surface area contributed by atoms with Crippen LogP contribution in [0.3, 0.4) is 0 Å². The van der Waals surface area contributed by atoms with E-state index in [2.05, 4.69) is 5.32 Å². The Balaban J connectivity index is 1.89. The van der Waals surface area contributed by atoms with Crippen molar-refractivity contribution >= 4 is 34.9 Å². The average molecular weight is 335 g/mol. The second-order valence-electron chi connectivity index (χ2n) is 4.59. The number of halogens is 1. The van der Waals surface area contributed by atoms with Crippen molar-refractivity contribution in [2.24, 2.45) is 0 Å². The maximum absolute atomic E-state index is 11.9. The van der Waals surface area contributed by atoms with Gasteiger partial charge in [0.15, 0.2) is 6.61 Å². The Morgan fingerprint density at radius 3 is 2.48 bits per heavy atom. The number of hydrogen-bond acceptors (Lipinski definition) is 5. The standard InChI is InChI=1S/C16H15ClN2O4/c1-22-14-7-2-10(8-13(14)18)16(21)23-9-15(20)19-12-5-3-11(17)4-6-12/h2-8H,9,18H2,1H3,(H,19,20). The van der Waals surface area contributed by atoms with Crippen LogP contribution in [0.25, 0.3) is 0 Å². The third kappa shape index (κ3) is 4.62. The molecule has 120 valence electrons. The number of methoxy groups -OCH3 is 1. The van der Waals surface area contributed by atoms with Crippen molar-refractivity contribution in [3.8, 4) is 5.75 Å². The van der Waals surface area contributed by atoms with E-state index in [9.17, 15) is 9.59 Å². The molecule has 0 atom stereocenters. The Morgan fingerprint density at radius 1 is 1.17 bits per heavy atom. The van der Waals surface area contributed by atoms with Crippen molar-refractivity contribution in [3.63, 3.8) is 0 Å². The van der Waals surface area contributed by atoms with Crippen molar-refractivity contribution in [1.29, 1.82) is 0 Å². The van der Waals surface area contributed by atoms with Crippen LogP contribution in [0.2, 0.25) is 5.02 Å². The Kier molecular flexibility index (Phi) is 5.43. The van der Waals surface area contributed by atoms with Crippen LogP contribution < -0.4 is 15.8 Å². The first-order valence-electron chi connectivity index (χ1n) is 6.65. The van der Waals surface area contributed by atoms with Crippen LogP contribution in [0, 0.1) is 0 Å². The highest BCUT2D eigenvalue weighted by Gasteiger charge is 2.12. The number of esters is 1. The van der Waals surface area contributed by atoms with E-state index >= 15 is 0 Å². The maximum atomic E-state index is 11.9. The molecule has 7 heteroatoms. The summed E-state index contributed by atoms with van der Waals surface area (Å²) in [5.41, 5.74) is 6.83. The molecule has 1 amide bonds. The van der Waals surface area contributed by atoms with Gasteiger partial charge in [0, 0.05) is 10.7 Å². The number of nitrogens with two attached hydrogens (primary N) is 1. The zero-order chi connectivity index (χ0) is 16.8. The van der Waals surface area contributed by atoms with E-state index in [1.807, 2.05) is 0 Å². The highest BCUT2D eigenvalue weighted by Crippen LogP contribution is 2.22. The van der Waals surface area contributed by atoms with Crippen molar-refractivity contribution in [2.75, 3.05) is 24.8 Å². The van der Waals surface area contributed by atoms with Crippen LogP contribution in [-0.2, 0) is 9.53 Å². The Hall–Kier alpha value is -2.73. The first kappa shape index (κ1) is 16.6. The van der Waals surface area contributed by atoms with Crippen molar-refractivity contribution in [2.45, 2.75) is 0 Å². The molecule has 3 N–H and O–H groups in total. The largest absolute Gasteiger partial charge is 0.495 e. The normalized spacial score (nSPS) is 10.0. The number of rotatable bonds is 5. The molecule has 2 aromatic carbocycles. The highest BCUT2D eigenvalue weighted by molar-refractivity contribution is 6.30. The van der Waals surface area contributed by atoms with E-state index in [1.165, 1.54) is 19.2 Å². The molecular weight excluding hydrogens is 320 g/mol. The van der Waals surface area contributed by atoms with Gasteiger partial charge in [0.05, 0.1) is 18.4 Å². The first-order chi connectivity index (χ1) is 11.0. The maximum Gasteiger partial charge on any atom is 0.338 e. The number of carbonyl (C=O) groups excluding carboxylic acids is 2. The number of hydrogen-bond donors (Lipinski definition) is 2. The van der Waals surface area contributed by atoms with Crippen LogP contribution in [0.15, 0.2) is 42.5 Å². The van der Waals surface area contributed by atoms with Crippen molar-refractivity contribution in [1.82, 2.24) is 0 Å². The summed E-state index contributed by atoms with van der Waals surface area (Å²) in [5.74, 6) is -0.644. The third-order valence-corrected chi connectivity index (χ3v) is 3.18. The van der Waals surface area contributed by atoms with Gasteiger partial charge in [0.2, 0.25) is 0 Å². The van der Waals surface area contributed by atoms with Crippen molar-refractivity contribution in [3.05, 3.63) is 53.1 Å². The number of ether oxygens (including phenoxy) is 2. The second kappa shape index (κ2) is 7.51. The van der Waals surface area contributed by atoms with E-state index in [-0.39, 0.29) is 5.56 Å². The van der Waals surface area contributed by atoms with Crippen molar-refractivity contribution < 1.29 is 19.1 Å². The van der Waals surface area contributed by atoms with Gasteiger partial charge in [-0.3, -0.25) is 4.79 Å². The zero-order valence-electron chi connectivity index (χ0n) is 12.3. The Labute approximate surface area is 138 Å². The van der Waals surface area contributed by atoms with Gasteiger partial charge < -0.3 is 20.5 Å². The summed E-state index contributed by atoms with van der Waals surface area (Å²) in [5, 5.41) is 3.15. The van der Waals surface area contributed by atoms with E-state index in [0.29, 0.717) is 22.1 Å². The molecule has 0 fully saturated rings. The fraction of sp³-hybridized carbons (Fsp3) is 0.125. The van der Waals surface area contributed by atoms with E-state index in [4.69, 9.17) is 26.8 Å². The summed E-state index contributed by atoms with van der Waals surface area (Å²) in [6, 6.07) is 11.1. The van der Waals surface area contributed by atoms with Gasteiger partial charge in [-0.15, -0.1) is 0 Å². The molecule has 6 nitrogen and oxygen atoms in total. The number of amides is 1. The predicted octanol–water partition coefficient (Wildman–Crippen LogP) is 2.73. The summed E-state index contributed by atoms with van der Waals surface area (Å²) < 4.78 is 9.94. The molecule has 0 saturated carbocycles. The summed E-state index contributed by atoms with van der Waals surface area (Å²) in [7, 11) is 1.48. The average Bonchev–Trinajstić information content (AvgIpc) is 2.54. The molecule has 2 rings (SSSR count). The molecule has 0 spiro atoms. The minimum Gasteiger partial charge on any atom is -0.495 e. The number of nitrogen functional groups attached to an aromatic ring is 1. The molecule has 0 heterocycles. The SMILES string of the molecule is COc1ccc(C(=O)OCC(=O)Nc2ccc(Cl)cc2)cc1N. The second-order valence-corrected chi connectivity index (χ2v) is 5.02. The summed E-state index contributed by atoms with van der Waals surface area (Å²) in [6.07, 6.45) is 0. The molecule has 0 unspecified atom stereocenters.